The number of ether oxygens (including phenoxy) is 1. The SMILES string of the molecule is CCCN(Cc1cc(-c2ccccc2OC)on1)S(=O)(=O)c1ccc(C)cc1. The van der Waals surface area contributed by atoms with Crippen LogP contribution in [0.3, 0.4) is 0 Å². The van der Waals surface area contributed by atoms with Crippen LogP contribution in [-0.4, -0.2) is 31.5 Å². The second-order valence-corrected chi connectivity index (χ2v) is 8.47. The second-order valence-electron chi connectivity index (χ2n) is 6.53. The van der Waals surface area contributed by atoms with Gasteiger partial charge in [0, 0.05) is 12.6 Å². The van der Waals surface area contributed by atoms with Crippen LogP contribution in [0.2, 0.25) is 0 Å². The van der Waals surface area contributed by atoms with Gasteiger partial charge in [0.05, 0.1) is 29.8 Å². The summed E-state index contributed by atoms with van der Waals surface area (Å²) in [5, 5.41) is 4.07. The zero-order valence-corrected chi connectivity index (χ0v) is 17.1. The number of hydrogen-bond acceptors (Lipinski definition) is 5. The van der Waals surface area contributed by atoms with Crippen LogP contribution in [0.15, 0.2) is 64.0 Å². The van der Waals surface area contributed by atoms with Gasteiger partial charge in [-0.05, 0) is 37.6 Å². The zero-order chi connectivity index (χ0) is 20.1. The van der Waals surface area contributed by atoms with Gasteiger partial charge < -0.3 is 9.26 Å². The summed E-state index contributed by atoms with van der Waals surface area (Å²) in [6.45, 7) is 4.41. The molecule has 0 aliphatic rings. The largest absolute Gasteiger partial charge is 0.496 e. The summed E-state index contributed by atoms with van der Waals surface area (Å²) in [4.78, 5) is 0.278. The molecule has 0 spiro atoms. The van der Waals surface area contributed by atoms with Crippen molar-refractivity contribution in [3.8, 4) is 17.1 Å². The molecule has 3 aromatic rings. The average molecular weight is 401 g/mol. The summed E-state index contributed by atoms with van der Waals surface area (Å²) < 4.78 is 38.4. The molecule has 3 rings (SSSR count). The molecule has 0 fully saturated rings. The van der Waals surface area contributed by atoms with Crippen LogP contribution in [0.5, 0.6) is 5.75 Å². The Morgan fingerprint density at radius 2 is 1.82 bits per heavy atom. The molecule has 28 heavy (non-hydrogen) atoms. The Balaban J connectivity index is 1.87. The summed E-state index contributed by atoms with van der Waals surface area (Å²) in [6.07, 6.45) is 0.697. The Bertz CT molecular complexity index is 1030. The summed E-state index contributed by atoms with van der Waals surface area (Å²) in [5.74, 6) is 1.21. The maximum atomic E-state index is 13.1. The van der Waals surface area contributed by atoms with Crippen LogP contribution in [0.4, 0.5) is 0 Å². The van der Waals surface area contributed by atoms with Crippen LogP contribution in [0, 0.1) is 6.92 Å². The number of sulfonamides is 1. The number of hydrogen-bond donors (Lipinski definition) is 0. The highest BCUT2D eigenvalue weighted by molar-refractivity contribution is 7.89. The predicted octanol–water partition coefficient (Wildman–Crippen LogP) is 4.26. The van der Waals surface area contributed by atoms with Gasteiger partial charge in [0.15, 0.2) is 5.76 Å². The maximum Gasteiger partial charge on any atom is 0.243 e. The maximum absolute atomic E-state index is 13.1. The molecule has 0 atom stereocenters. The first-order chi connectivity index (χ1) is 13.5. The summed E-state index contributed by atoms with van der Waals surface area (Å²) in [6, 6.07) is 16.1. The standard InChI is InChI=1S/C21H24N2O4S/c1-4-13-23(28(24,25)18-11-9-16(2)10-12-18)15-17-14-21(27-22-17)19-7-5-6-8-20(19)26-3/h5-12,14H,4,13,15H2,1-3H3. The fourth-order valence-electron chi connectivity index (χ4n) is 2.94. The van der Waals surface area contributed by atoms with Gasteiger partial charge in [-0.25, -0.2) is 8.42 Å². The molecule has 1 heterocycles. The van der Waals surface area contributed by atoms with Crippen molar-refractivity contribution < 1.29 is 17.7 Å². The van der Waals surface area contributed by atoms with Crippen LogP contribution < -0.4 is 4.74 Å². The Morgan fingerprint density at radius 3 is 2.50 bits per heavy atom. The van der Waals surface area contributed by atoms with E-state index in [1.54, 1.807) is 37.4 Å². The van der Waals surface area contributed by atoms with Crippen molar-refractivity contribution in [2.24, 2.45) is 0 Å². The van der Waals surface area contributed by atoms with E-state index in [9.17, 15) is 8.42 Å². The van der Waals surface area contributed by atoms with E-state index >= 15 is 0 Å². The minimum atomic E-state index is -3.62. The molecule has 0 aliphatic carbocycles. The fraction of sp³-hybridized carbons (Fsp3) is 0.286. The molecular weight excluding hydrogens is 376 g/mol. The van der Waals surface area contributed by atoms with Gasteiger partial charge in [0.25, 0.3) is 0 Å². The van der Waals surface area contributed by atoms with E-state index in [1.807, 2.05) is 38.1 Å². The third kappa shape index (κ3) is 4.26. The van der Waals surface area contributed by atoms with E-state index in [0.29, 0.717) is 30.2 Å². The van der Waals surface area contributed by atoms with Crippen LogP contribution in [-0.2, 0) is 16.6 Å². The van der Waals surface area contributed by atoms with Gasteiger partial charge in [0.2, 0.25) is 10.0 Å². The molecule has 7 heteroatoms. The lowest BCUT2D eigenvalue weighted by Gasteiger charge is -2.20. The van der Waals surface area contributed by atoms with Gasteiger partial charge in [-0.15, -0.1) is 0 Å². The van der Waals surface area contributed by atoms with Crippen molar-refractivity contribution in [1.82, 2.24) is 9.46 Å². The predicted molar refractivity (Wildman–Crippen MR) is 108 cm³/mol. The van der Waals surface area contributed by atoms with Gasteiger partial charge in [0.1, 0.15) is 5.75 Å². The van der Waals surface area contributed by atoms with Crippen LogP contribution in [0.25, 0.3) is 11.3 Å². The van der Waals surface area contributed by atoms with E-state index in [4.69, 9.17) is 9.26 Å². The number of methoxy groups -OCH3 is 1. The molecule has 0 radical (unpaired) electrons. The van der Waals surface area contributed by atoms with Crippen molar-refractivity contribution in [2.75, 3.05) is 13.7 Å². The third-order valence-electron chi connectivity index (χ3n) is 4.40. The quantitative estimate of drug-likeness (QED) is 0.565. The van der Waals surface area contributed by atoms with Crippen molar-refractivity contribution in [1.29, 1.82) is 0 Å². The molecule has 0 aliphatic heterocycles. The van der Waals surface area contributed by atoms with Crippen LogP contribution >= 0.6 is 0 Å². The second kappa shape index (κ2) is 8.58. The molecule has 0 saturated carbocycles. The van der Waals surface area contributed by atoms with Crippen molar-refractivity contribution in [3.05, 3.63) is 65.9 Å². The minimum Gasteiger partial charge on any atom is -0.496 e. The molecule has 6 nitrogen and oxygen atoms in total. The Hall–Kier alpha value is -2.64. The summed E-state index contributed by atoms with van der Waals surface area (Å²) >= 11 is 0. The highest BCUT2D eigenvalue weighted by Gasteiger charge is 2.25. The van der Waals surface area contributed by atoms with Crippen molar-refractivity contribution in [3.63, 3.8) is 0 Å². The molecule has 148 valence electrons. The molecule has 2 aromatic carbocycles. The lowest BCUT2D eigenvalue weighted by molar-refractivity contribution is 0.374. The number of para-hydroxylation sites is 1. The highest BCUT2D eigenvalue weighted by atomic mass is 32.2. The topological polar surface area (TPSA) is 72.6 Å². The number of rotatable bonds is 8. The van der Waals surface area contributed by atoms with Gasteiger partial charge in [-0.1, -0.05) is 41.9 Å². The van der Waals surface area contributed by atoms with Crippen LogP contribution in [0.1, 0.15) is 24.6 Å². The lowest BCUT2D eigenvalue weighted by Crippen LogP contribution is -2.31. The van der Waals surface area contributed by atoms with E-state index < -0.39 is 10.0 Å². The van der Waals surface area contributed by atoms with Crippen molar-refractivity contribution in [2.45, 2.75) is 31.7 Å². The van der Waals surface area contributed by atoms with Gasteiger partial charge in [-0.3, -0.25) is 0 Å². The van der Waals surface area contributed by atoms with E-state index in [-0.39, 0.29) is 11.4 Å². The molecule has 0 saturated heterocycles. The normalized spacial score (nSPS) is 11.7. The number of aryl methyl sites for hydroxylation is 1. The minimum absolute atomic E-state index is 0.142. The van der Waals surface area contributed by atoms with E-state index in [2.05, 4.69) is 5.16 Å². The molecule has 0 N–H and O–H groups in total. The highest BCUT2D eigenvalue weighted by Crippen LogP contribution is 2.30. The first kappa shape index (κ1) is 20.1. The average Bonchev–Trinajstić information content (AvgIpc) is 3.16. The fourth-order valence-corrected chi connectivity index (χ4v) is 4.44. The number of aromatic nitrogens is 1. The third-order valence-corrected chi connectivity index (χ3v) is 6.26. The smallest absolute Gasteiger partial charge is 0.243 e. The summed E-state index contributed by atoms with van der Waals surface area (Å²) in [5.41, 5.74) is 2.33. The Labute approximate surface area is 165 Å². The molecule has 0 bridgehead atoms. The van der Waals surface area contributed by atoms with Gasteiger partial charge >= 0.3 is 0 Å². The molecule has 1 aromatic heterocycles. The van der Waals surface area contributed by atoms with E-state index in [0.717, 1.165) is 11.1 Å². The first-order valence-electron chi connectivity index (χ1n) is 9.11. The molecular formula is C21H24N2O4S. The van der Waals surface area contributed by atoms with Gasteiger partial charge in [-0.2, -0.15) is 4.31 Å². The number of nitrogens with zero attached hydrogens (tertiary/aromatic N) is 2. The molecule has 0 unspecified atom stereocenters. The monoisotopic (exact) mass is 400 g/mol. The summed E-state index contributed by atoms with van der Waals surface area (Å²) in [7, 11) is -2.03. The van der Waals surface area contributed by atoms with E-state index in [1.165, 1.54) is 4.31 Å². The number of benzene rings is 2. The molecule has 0 amide bonds. The zero-order valence-electron chi connectivity index (χ0n) is 16.3. The Kier molecular flexibility index (Phi) is 6.16. The Morgan fingerprint density at radius 1 is 1.11 bits per heavy atom. The van der Waals surface area contributed by atoms with Crippen molar-refractivity contribution >= 4 is 10.0 Å². The lowest BCUT2D eigenvalue weighted by atomic mass is 10.1. The first-order valence-corrected chi connectivity index (χ1v) is 10.6.